The van der Waals surface area contributed by atoms with Crippen molar-refractivity contribution in [1.82, 2.24) is 19.6 Å². The molecule has 1 aliphatic carbocycles. The van der Waals surface area contributed by atoms with Crippen LogP contribution in [-0.2, 0) is 16.4 Å². The summed E-state index contributed by atoms with van der Waals surface area (Å²) in [6.07, 6.45) is 4.16. The van der Waals surface area contributed by atoms with Gasteiger partial charge in [-0.15, -0.1) is 0 Å². The second-order valence-electron chi connectivity index (χ2n) is 8.33. The third-order valence-electron chi connectivity index (χ3n) is 6.13. The number of rotatable bonds is 6. The van der Waals surface area contributed by atoms with E-state index < -0.39 is 10.0 Å². The van der Waals surface area contributed by atoms with Gasteiger partial charge in [0, 0.05) is 35.8 Å². The third kappa shape index (κ3) is 3.98. The van der Waals surface area contributed by atoms with Crippen LogP contribution in [0.1, 0.15) is 35.7 Å². The minimum atomic E-state index is -3.51. The second kappa shape index (κ2) is 8.24. The number of amides is 1. The Morgan fingerprint density at radius 2 is 1.85 bits per heavy atom. The highest BCUT2D eigenvalue weighted by atomic mass is 32.2. The Morgan fingerprint density at radius 3 is 2.55 bits per heavy atom. The molecule has 1 aromatic heterocycles. The maximum absolute atomic E-state index is 13.0. The fourth-order valence-electron chi connectivity index (χ4n) is 4.25. The predicted octanol–water partition coefficient (Wildman–Crippen LogP) is 2.85. The molecule has 2 aliphatic rings. The van der Waals surface area contributed by atoms with E-state index in [-0.39, 0.29) is 16.8 Å². The number of nitrogens with two attached hydrogens (primary N) is 1. The summed E-state index contributed by atoms with van der Waals surface area (Å²) in [6.45, 7) is 2.93. The van der Waals surface area contributed by atoms with E-state index in [9.17, 15) is 13.2 Å². The van der Waals surface area contributed by atoms with Crippen LogP contribution in [0.2, 0.25) is 0 Å². The van der Waals surface area contributed by atoms with E-state index in [0.717, 1.165) is 36.0 Å². The third-order valence-corrected chi connectivity index (χ3v) is 8.17. The van der Waals surface area contributed by atoms with Crippen LogP contribution in [0.3, 0.4) is 0 Å². The number of nitrogens with one attached hydrogen (secondary N) is 1. The SMILES string of the molecule is CCN(C1CC1)S(=O)(=O)c1ccc(-c2cnc(N)c(-c3ccc4c(c3)CCNC4=O)n2)cc1. The number of fused-ring (bicyclic) bond motifs is 1. The van der Waals surface area contributed by atoms with Gasteiger partial charge >= 0.3 is 0 Å². The van der Waals surface area contributed by atoms with E-state index in [1.165, 1.54) is 0 Å². The molecule has 3 N–H and O–H groups in total. The van der Waals surface area contributed by atoms with Gasteiger partial charge in [0.15, 0.2) is 0 Å². The summed E-state index contributed by atoms with van der Waals surface area (Å²) in [7, 11) is -3.51. The van der Waals surface area contributed by atoms with Gasteiger partial charge in [0.1, 0.15) is 11.5 Å². The van der Waals surface area contributed by atoms with Crippen LogP contribution in [0.25, 0.3) is 22.5 Å². The molecule has 2 heterocycles. The molecule has 170 valence electrons. The molecule has 5 rings (SSSR count). The van der Waals surface area contributed by atoms with Crippen molar-refractivity contribution in [3.63, 3.8) is 0 Å². The number of anilines is 1. The van der Waals surface area contributed by atoms with Gasteiger partial charge in [0.25, 0.3) is 5.91 Å². The fourth-order valence-corrected chi connectivity index (χ4v) is 5.94. The van der Waals surface area contributed by atoms with E-state index in [1.54, 1.807) is 40.8 Å². The van der Waals surface area contributed by atoms with Crippen molar-refractivity contribution in [2.75, 3.05) is 18.8 Å². The number of sulfonamides is 1. The zero-order chi connectivity index (χ0) is 23.2. The maximum atomic E-state index is 13.0. The summed E-state index contributed by atoms with van der Waals surface area (Å²) in [5, 5.41) is 2.84. The Kier molecular flexibility index (Phi) is 5.38. The molecule has 0 saturated heterocycles. The van der Waals surface area contributed by atoms with Gasteiger partial charge in [-0.1, -0.05) is 25.1 Å². The summed E-state index contributed by atoms with van der Waals surface area (Å²) in [6, 6.07) is 12.4. The Labute approximate surface area is 192 Å². The zero-order valence-corrected chi connectivity index (χ0v) is 19.1. The highest BCUT2D eigenvalue weighted by molar-refractivity contribution is 7.89. The van der Waals surface area contributed by atoms with Gasteiger partial charge in [-0.3, -0.25) is 4.79 Å². The van der Waals surface area contributed by atoms with E-state index in [4.69, 9.17) is 10.7 Å². The average Bonchev–Trinajstić information content (AvgIpc) is 3.65. The molecule has 0 unspecified atom stereocenters. The molecular formula is C24H25N5O3S. The van der Waals surface area contributed by atoms with Crippen molar-refractivity contribution in [3.05, 3.63) is 59.8 Å². The minimum Gasteiger partial charge on any atom is -0.382 e. The molecule has 9 heteroatoms. The van der Waals surface area contributed by atoms with Crippen LogP contribution in [0.5, 0.6) is 0 Å². The van der Waals surface area contributed by atoms with Gasteiger partial charge in [0.2, 0.25) is 10.0 Å². The highest BCUT2D eigenvalue weighted by Gasteiger charge is 2.36. The van der Waals surface area contributed by atoms with Crippen molar-refractivity contribution >= 4 is 21.7 Å². The molecule has 0 spiro atoms. The van der Waals surface area contributed by atoms with Gasteiger partial charge < -0.3 is 11.1 Å². The molecule has 8 nitrogen and oxygen atoms in total. The normalized spacial score (nSPS) is 15.9. The van der Waals surface area contributed by atoms with Crippen LogP contribution in [0, 0.1) is 0 Å². The summed E-state index contributed by atoms with van der Waals surface area (Å²) in [5.74, 6) is 0.218. The fraction of sp³-hybridized carbons (Fsp3) is 0.292. The van der Waals surface area contributed by atoms with Crippen molar-refractivity contribution in [2.45, 2.75) is 37.1 Å². The minimum absolute atomic E-state index is 0.0750. The first-order valence-electron chi connectivity index (χ1n) is 11.0. The molecule has 2 aromatic carbocycles. The van der Waals surface area contributed by atoms with E-state index in [2.05, 4.69) is 10.3 Å². The molecule has 3 aromatic rings. The van der Waals surface area contributed by atoms with Crippen molar-refractivity contribution < 1.29 is 13.2 Å². The number of hydrogen-bond acceptors (Lipinski definition) is 6. The van der Waals surface area contributed by atoms with Crippen molar-refractivity contribution in [1.29, 1.82) is 0 Å². The highest BCUT2D eigenvalue weighted by Crippen LogP contribution is 2.33. The summed E-state index contributed by atoms with van der Waals surface area (Å²) < 4.78 is 27.5. The molecule has 0 atom stereocenters. The van der Waals surface area contributed by atoms with E-state index in [1.807, 2.05) is 19.1 Å². The molecule has 0 bridgehead atoms. The van der Waals surface area contributed by atoms with Gasteiger partial charge in [-0.2, -0.15) is 4.31 Å². The van der Waals surface area contributed by atoms with Crippen molar-refractivity contribution in [3.8, 4) is 22.5 Å². The van der Waals surface area contributed by atoms with E-state index in [0.29, 0.717) is 35.9 Å². The monoisotopic (exact) mass is 463 g/mol. The van der Waals surface area contributed by atoms with Crippen molar-refractivity contribution in [2.24, 2.45) is 0 Å². The number of carbonyl (C=O) groups is 1. The molecule has 1 saturated carbocycles. The average molecular weight is 464 g/mol. The molecule has 0 radical (unpaired) electrons. The lowest BCUT2D eigenvalue weighted by molar-refractivity contribution is 0.0946. The van der Waals surface area contributed by atoms with Gasteiger partial charge in [-0.25, -0.2) is 18.4 Å². The second-order valence-corrected chi connectivity index (χ2v) is 10.2. The lowest BCUT2D eigenvalue weighted by Crippen LogP contribution is -2.32. The molecule has 33 heavy (non-hydrogen) atoms. The standard InChI is InChI=1S/C24H25N5O3S/c1-2-29(18-6-7-18)33(31,32)19-8-3-15(4-9-19)21-14-27-23(25)22(28-21)17-5-10-20-16(13-17)11-12-26-24(20)30/h3-5,8-10,13-14,18H,2,6-7,11-12H2,1H3,(H2,25,27)(H,26,30). The van der Waals surface area contributed by atoms with Crippen LogP contribution >= 0.6 is 0 Å². The Morgan fingerprint density at radius 1 is 1.12 bits per heavy atom. The largest absolute Gasteiger partial charge is 0.382 e. The number of aromatic nitrogens is 2. The first-order valence-corrected chi connectivity index (χ1v) is 12.5. The zero-order valence-electron chi connectivity index (χ0n) is 18.3. The van der Waals surface area contributed by atoms with Crippen LogP contribution in [0.15, 0.2) is 53.6 Å². The first kappa shape index (κ1) is 21.5. The number of nitrogens with zero attached hydrogens (tertiary/aromatic N) is 3. The molecular weight excluding hydrogens is 438 g/mol. The van der Waals surface area contributed by atoms with Gasteiger partial charge in [0.05, 0.1) is 16.8 Å². The first-order chi connectivity index (χ1) is 15.9. The Bertz CT molecular complexity index is 1330. The summed E-state index contributed by atoms with van der Waals surface area (Å²) in [4.78, 5) is 21.3. The summed E-state index contributed by atoms with van der Waals surface area (Å²) >= 11 is 0. The number of hydrogen-bond donors (Lipinski definition) is 2. The summed E-state index contributed by atoms with van der Waals surface area (Å²) in [5.41, 5.74) is 10.4. The smallest absolute Gasteiger partial charge is 0.251 e. The lowest BCUT2D eigenvalue weighted by Gasteiger charge is -2.20. The van der Waals surface area contributed by atoms with Crippen LogP contribution in [-0.4, -0.2) is 47.7 Å². The Balaban J connectivity index is 1.47. The quantitative estimate of drug-likeness (QED) is 0.580. The van der Waals surface area contributed by atoms with Crippen LogP contribution in [0.4, 0.5) is 5.82 Å². The molecule has 1 fully saturated rings. The predicted molar refractivity (Wildman–Crippen MR) is 126 cm³/mol. The van der Waals surface area contributed by atoms with E-state index >= 15 is 0 Å². The lowest BCUT2D eigenvalue weighted by atomic mass is 9.96. The van der Waals surface area contributed by atoms with Crippen LogP contribution < -0.4 is 11.1 Å². The number of carbonyl (C=O) groups excluding carboxylic acids is 1. The topological polar surface area (TPSA) is 118 Å². The number of nitrogen functional groups attached to an aromatic ring is 1. The van der Waals surface area contributed by atoms with Gasteiger partial charge in [-0.05, 0) is 49.1 Å². The molecule has 1 aliphatic heterocycles. The number of benzene rings is 2. The molecule has 1 amide bonds. The Hall–Kier alpha value is -3.30. The maximum Gasteiger partial charge on any atom is 0.251 e.